The van der Waals surface area contributed by atoms with Crippen molar-refractivity contribution in [3.63, 3.8) is 0 Å². The molecular formula is C20H41Si. The first-order valence-electron chi connectivity index (χ1n) is 9.92. The van der Waals surface area contributed by atoms with E-state index in [9.17, 15) is 0 Å². The van der Waals surface area contributed by atoms with E-state index in [2.05, 4.69) is 24.1 Å². The average Bonchev–Trinajstić information content (AvgIpc) is 2.46. The molecular weight excluding hydrogens is 268 g/mol. The molecule has 125 valence electrons. The van der Waals surface area contributed by atoms with E-state index in [0.29, 0.717) is 0 Å². The molecule has 0 aliphatic heterocycles. The van der Waals surface area contributed by atoms with Crippen LogP contribution in [0.5, 0.6) is 0 Å². The zero-order valence-corrected chi connectivity index (χ0v) is 16.1. The Kier molecular flexibility index (Phi) is 18.5. The van der Waals surface area contributed by atoms with Gasteiger partial charge in [-0.1, -0.05) is 123 Å². The molecule has 0 aromatic heterocycles. The second kappa shape index (κ2) is 18.3. The Morgan fingerprint density at radius 2 is 0.762 bits per heavy atom. The van der Waals surface area contributed by atoms with Crippen LogP contribution in [-0.4, -0.2) is 10.2 Å². The summed E-state index contributed by atoms with van der Waals surface area (Å²) in [5.74, 6) is 0.898. The van der Waals surface area contributed by atoms with E-state index in [0.717, 1.165) is 5.92 Å². The van der Waals surface area contributed by atoms with Crippen molar-refractivity contribution in [1.82, 2.24) is 0 Å². The molecule has 0 rings (SSSR count). The highest BCUT2D eigenvalue weighted by Gasteiger charge is 1.96. The third kappa shape index (κ3) is 20.2. The molecule has 0 bridgehead atoms. The van der Waals surface area contributed by atoms with Crippen LogP contribution >= 0.6 is 0 Å². The van der Waals surface area contributed by atoms with E-state index in [1.807, 2.05) is 0 Å². The van der Waals surface area contributed by atoms with E-state index >= 15 is 0 Å². The van der Waals surface area contributed by atoms with Crippen molar-refractivity contribution < 1.29 is 0 Å². The van der Waals surface area contributed by atoms with E-state index in [-0.39, 0.29) is 0 Å². The first kappa shape index (κ1) is 21.2. The summed E-state index contributed by atoms with van der Waals surface area (Å²) < 4.78 is 0. The van der Waals surface area contributed by atoms with Gasteiger partial charge in [0.15, 0.2) is 0 Å². The van der Waals surface area contributed by atoms with E-state index in [1.54, 1.807) is 0 Å². The molecule has 0 atom stereocenters. The number of hydrogen-bond acceptors (Lipinski definition) is 0. The van der Waals surface area contributed by atoms with Crippen LogP contribution in [0.25, 0.3) is 0 Å². The summed E-state index contributed by atoms with van der Waals surface area (Å²) in [5.41, 5.74) is 0. The summed E-state index contributed by atoms with van der Waals surface area (Å²) in [4.78, 5) is 0. The second-order valence-electron chi connectivity index (χ2n) is 7.24. The minimum atomic E-state index is 0.898. The SMILES string of the molecule is CC(C)CCCCCCCCCCCCCCCCC[Si]. The third-order valence-corrected chi connectivity index (χ3v) is 4.81. The molecule has 21 heavy (non-hydrogen) atoms. The molecule has 0 aliphatic rings. The van der Waals surface area contributed by atoms with Crippen molar-refractivity contribution in [2.45, 2.75) is 123 Å². The quantitative estimate of drug-likeness (QED) is 0.193. The van der Waals surface area contributed by atoms with Gasteiger partial charge in [-0.3, -0.25) is 0 Å². The minimum Gasteiger partial charge on any atom is -0.0638 e. The minimum absolute atomic E-state index is 0.898. The summed E-state index contributed by atoms with van der Waals surface area (Å²) >= 11 is 0. The Hall–Kier alpha value is 0.217. The van der Waals surface area contributed by atoms with Crippen molar-refractivity contribution in [3.8, 4) is 0 Å². The monoisotopic (exact) mass is 309 g/mol. The zero-order chi connectivity index (χ0) is 15.6. The molecule has 0 fully saturated rings. The van der Waals surface area contributed by atoms with Crippen molar-refractivity contribution in [2.24, 2.45) is 5.92 Å². The Balaban J connectivity index is 2.93. The number of unbranched alkanes of at least 4 members (excludes halogenated alkanes) is 14. The van der Waals surface area contributed by atoms with Crippen molar-refractivity contribution in [1.29, 1.82) is 0 Å². The second-order valence-corrected chi connectivity index (χ2v) is 7.74. The van der Waals surface area contributed by atoms with Crippen LogP contribution in [0.4, 0.5) is 0 Å². The number of hydrogen-bond donors (Lipinski definition) is 0. The lowest BCUT2D eigenvalue weighted by atomic mass is 10.0. The van der Waals surface area contributed by atoms with Crippen molar-refractivity contribution >= 4 is 10.2 Å². The maximum absolute atomic E-state index is 3.54. The van der Waals surface area contributed by atoms with Gasteiger partial charge in [0, 0.05) is 10.2 Å². The van der Waals surface area contributed by atoms with E-state index < -0.39 is 0 Å². The lowest BCUT2D eigenvalue weighted by Gasteiger charge is -2.05. The van der Waals surface area contributed by atoms with E-state index in [1.165, 1.54) is 109 Å². The van der Waals surface area contributed by atoms with Crippen LogP contribution in [0.3, 0.4) is 0 Å². The van der Waals surface area contributed by atoms with Gasteiger partial charge in [-0.25, -0.2) is 0 Å². The summed E-state index contributed by atoms with van der Waals surface area (Å²) in [5, 5.41) is 0. The van der Waals surface area contributed by atoms with Crippen molar-refractivity contribution in [2.75, 3.05) is 0 Å². The van der Waals surface area contributed by atoms with Crippen LogP contribution in [0.2, 0.25) is 6.04 Å². The lowest BCUT2D eigenvalue weighted by Crippen LogP contribution is -1.87. The molecule has 0 amide bonds. The predicted molar refractivity (Wildman–Crippen MR) is 99.3 cm³/mol. The topological polar surface area (TPSA) is 0 Å². The highest BCUT2D eigenvalue weighted by atomic mass is 28.1. The molecule has 0 saturated heterocycles. The molecule has 0 aliphatic carbocycles. The van der Waals surface area contributed by atoms with Crippen LogP contribution in [0, 0.1) is 5.92 Å². The van der Waals surface area contributed by atoms with Crippen LogP contribution in [0.15, 0.2) is 0 Å². The maximum atomic E-state index is 3.54. The number of rotatable bonds is 17. The van der Waals surface area contributed by atoms with Gasteiger partial charge in [-0.05, 0) is 5.92 Å². The predicted octanol–water partition coefficient (Wildman–Crippen LogP) is 7.47. The fourth-order valence-corrected chi connectivity index (χ4v) is 3.23. The molecule has 0 aromatic carbocycles. The zero-order valence-electron chi connectivity index (χ0n) is 15.1. The smallest absolute Gasteiger partial charge is 0.0222 e. The molecule has 0 unspecified atom stereocenters. The Morgan fingerprint density at radius 3 is 1.05 bits per heavy atom. The Morgan fingerprint density at radius 1 is 0.476 bits per heavy atom. The van der Waals surface area contributed by atoms with Gasteiger partial charge in [0.05, 0.1) is 0 Å². The molecule has 0 saturated carbocycles. The molecule has 0 nitrogen and oxygen atoms in total. The molecule has 0 aromatic rings. The van der Waals surface area contributed by atoms with Crippen LogP contribution in [0.1, 0.15) is 117 Å². The highest BCUT2D eigenvalue weighted by molar-refractivity contribution is 6.08. The average molecular weight is 310 g/mol. The van der Waals surface area contributed by atoms with Gasteiger partial charge in [0.2, 0.25) is 0 Å². The van der Waals surface area contributed by atoms with Crippen molar-refractivity contribution in [3.05, 3.63) is 0 Å². The first-order chi connectivity index (χ1) is 10.3. The summed E-state index contributed by atoms with van der Waals surface area (Å²) in [6, 6.07) is 1.18. The fourth-order valence-electron chi connectivity index (χ4n) is 2.98. The van der Waals surface area contributed by atoms with Gasteiger partial charge < -0.3 is 0 Å². The molecule has 3 radical (unpaired) electrons. The first-order valence-corrected chi connectivity index (χ1v) is 10.6. The molecule has 0 N–H and O–H groups in total. The van der Waals surface area contributed by atoms with Gasteiger partial charge in [0.1, 0.15) is 0 Å². The Bertz CT molecular complexity index is 177. The largest absolute Gasteiger partial charge is 0.0638 e. The highest BCUT2D eigenvalue weighted by Crippen LogP contribution is 2.14. The summed E-state index contributed by atoms with van der Waals surface area (Å²) in [6.45, 7) is 4.67. The summed E-state index contributed by atoms with van der Waals surface area (Å²) in [7, 11) is 3.54. The summed E-state index contributed by atoms with van der Waals surface area (Å²) in [6.07, 6.45) is 23.3. The normalized spacial score (nSPS) is 11.4. The van der Waals surface area contributed by atoms with Gasteiger partial charge in [-0.15, -0.1) is 0 Å². The fraction of sp³-hybridized carbons (Fsp3) is 1.00. The maximum Gasteiger partial charge on any atom is 0.0222 e. The van der Waals surface area contributed by atoms with Gasteiger partial charge in [0.25, 0.3) is 0 Å². The lowest BCUT2D eigenvalue weighted by molar-refractivity contribution is 0.502. The molecule has 1 heteroatoms. The van der Waals surface area contributed by atoms with Crippen LogP contribution in [-0.2, 0) is 0 Å². The van der Waals surface area contributed by atoms with E-state index in [4.69, 9.17) is 0 Å². The van der Waals surface area contributed by atoms with Crippen LogP contribution < -0.4 is 0 Å². The standard InChI is InChI=1S/C20H41Si/c1-20(2)18-16-14-12-10-8-6-4-3-5-7-9-11-13-15-17-19-21/h20H,3-19H2,1-2H3. The molecule has 0 spiro atoms. The van der Waals surface area contributed by atoms with Gasteiger partial charge in [-0.2, -0.15) is 0 Å². The molecule has 0 heterocycles. The third-order valence-electron chi connectivity index (χ3n) is 4.46. The van der Waals surface area contributed by atoms with Gasteiger partial charge >= 0.3 is 0 Å². The Labute approximate surface area is 139 Å².